The summed E-state index contributed by atoms with van der Waals surface area (Å²) >= 11 is 0. The molecule has 0 saturated heterocycles. The molecule has 0 aliphatic heterocycles. The van der Waals surface area contributed by atoms with Gasteiger partial charge in [-0.2, -0.15) is 13.2 Å². The zero-order valence-electron chi connectivity index (χ0n) is 18.3. The van der Waals surface area contributed by atoms with Gasteiger partial charge in [0.15, 0.2) is 11.5 Å². The van der Waals surface area contributed by atoms with Crippen LogP contribution >= 0.6 is 0 Å². The first-order valence-corrected chi connectivity index (χ1v) is 9.93. The smallest absolute Gasteiger partial charge is 0.405 e. The first-order valence-electron chi connectivity index (χ1n) is 9.93. The second-order valence-corrected chi connectivity index (χ2v) is 6.94. The van der Waals surface area contributed by atoms with Crippen molar-refractivity contribution in [2.75, 3.05) is 39.8 Å². The molecule has 0 radical (unpaired) electrons. The van der Waals surface area contributed by atoms with Gasteiger partial charge in [-0.05, 0) is 48.1 Å². The highest BCUT2D eigenvalue weighted by Gasteiger charge is 2.28. The molecule has 0 fully saturated rings. The van der Waals surface area contributed by atoms with Crippen molar-refractivity contribution >= 4 is 16.5 Å². The Hall–Kier alpha value is -3.36. The molecule has 1 aromatic heterocycles. The van der Waals surface area contributed by atoms with Crippen LogP contribution in [0.2, 0.25) is 0 Å². The molecule has 3 aromatic rings. The molecule has 0 aliphatic carbocycles. The van der Waals surface area contributed by atoms with E-state index >= 15 is 0 Å². The number of anilines is 1. The minimum Gasteiger partial charge on any atom is -0.493 e. The number of rotatable bonds is 9. The number of nitrogens with zero attached hydrogens (tertiary/aromatic N) is 1. The number of ether oxygens (including phenoxy) is 4. The molecule has 9 heteroatoms. The van der Waals surface area contributed by atoms with Crippen LogP contribution in [0.15, 0.2) is 36.7 Å². The molecule has 0 aliphatic rings. The number of benzene rings is 2. The van der Waals surface area contributed by atoms with E-state index in [0.29, 0.717) is 41.4 Å². The lowest BCUT2D eigenvalue weighted by molar-refractivity contribution is -0.115. The molecular weight excluding hydrogens is 425 g/mol. The fourth-order valence-electron chi connectivity index (χ4n) is 3.53. The number of hydrogen-bond donors (Lipinski definition) is 1. The SMILES string of the molecule is CCOc1ccc2c(Cc3cc(OC)c(OC)c(OC)c3)cncc2c1NCC(F)(F)F. The molecule has 1 heterocycles. The number of alkyl halides is 3. The van der Waals surface area contributed by atoms with Gasteiger partial charge < -0.3 is 24.3 Å². The van der Waals surface area contributed by atoms with Crippen molar-refractivity contribution in [3.8, 4) is 23.0 Å². The molecule has 0 amide bonds. The summed E-state index contributed by atoms with van der Waals surface area (Å²) in [5.74, 6) is 1.85. The first-order chi connectivity index (χ1) is 15.3. The molecule has 0 saturated carbocycles. The maximum absolute atomic E-state index is 12.9. The van der Waals surface area contributed by atoms with Gasteiger partial charge in [-0.15, -0.1) is 0 Å². The van der Waals surface area contributed by atoms with Gasteiger partial charge in [0.1, 0.15) is 12.3 Å². The average Bonchev–Trinajstić information content (AvgIpc) is 2.77. The van der Waals surface area contributed by atoms with Gasteiger partial charge in [-0.3, -0.25) is 4.98 Å². The van der Waals surface area contributed by atoms with Gasteiger partial charge in [-0.1, -0.05) is 6.07 Å². The number of hydrogen-bond acceptors (Lipinski definition) is 6. The lowest BCUT2D eigenvalue weighted by Gasteiger charge is -2.18. The highest BCUT2D eigenvalue weighted by atomic mass is 19.4. The Morgan fingerprint density at radius 3 is 2.16 bits per heavy atom. The Kier molecular flexibility index (Phi) is 7.17. The predicted octanol–water partition coefficient (Wildman–Crippen LogP) is 5.22. The number of pyridine rings is 1. The largest absolute Gasteiger partial charge is 0.493 e. The van der Waals surface area contributed by atoms with Crippen molar-refractivity contribution in [1.82, 2.24) is 4.98 Å². The Morgan fingerprint density at radius 1 is 0.906 bits per heavy atom. The molecule has 0 atom stereocenters. The quantitative estimate of drug-likeness (QED) is 0.482. The van der Waals surface area contributed by atoms with Crippen LogP contribution in [0.1, 0.15) is 18.1 Å². The number of nitrogens with one attached hydrogen (secondary N) is 1. The predicted molar refractivity (Wildman–Crippen MR) is 116 cm³/mol. The van der Waals surface area contributed by atoms with Crippen molar-refractivity contribution in [1.29, 1.82) is 0 Å². The number of fused-ring (bicyclic) bond motifs is 1. The second kappa shape index (κ2) is 9.84. The van der Waals surface area contributed by atoms with E-state index in [0.717, 1.165) is 16.5 Å². The Labute approximate surface area is 184 Å². The van der Waals surface area contributed by atoms with Crippen LogP contribution < -0.4 is 24.3 Å². The molecule has 32 heavy (non-hydrogen) atoms. The van der Waals surface area contributed by atoms with Crippen LogP contribution in [-0.2, 0) is 6.42 Å². The molecule has 3 rings (SSSR count). The maximum Gasteiger partial charge on any atom is 0.405 e. The molecule has 172 valence electrons. The molecule has 0 spiro atoms. The monoisotopic (exact) mass is 450 g/mol. The topological polar surface area (TPSA) is 61.8 Å². The summed E-state index contributed by atoms with van der Waals surface area (Å²) in [6, 6.07) is 7.16. The van der Waals surface area contributed by atoms with E-state index in [1.54, 1.807) is 19.2 Å². The van der Waals surface area contributed by atoms with E-state index in [9.17, 15) is 13.2 Å². The summed E-state index contributed by atoms with van der Waals surface area (Å²) in [5, 5.41) is 3.79. The van der Waals surface area contributed by atoms with Gasteiger partial charge in [-0.25, -0.2) is 0 Å². The summed E-state index contributed by atoms with van der Waals surface area (Å²) in [5.41, 5.74) is 1.96. The molecular formula is C23H25F3N2O4. The van der Waals surface area contributed by atoms with Gasteiger partial charge in [0, 0.05) is 17.8 Å². The van der Waals surface area contributed by atoms with E-state index in [1.165, 1.54) is 27.5 Å². The highest BCUT2D eigenvalue weighted by molar-refractivity contribution is 5.98. The van der Waals surface area contributed by atoms with Gasteiger partial charge >= 0.3 is 6.18 Å². The van der Waals surface area contributed by atoms with E-state index in [2.05, 4.69) is 10.3 Å². The van der Waals surface area contributed by atoms with E-state index in [-0.39, 0.29) is 5.69 Å². The van der Waals surface area contributed by atoms with Gasteiger partial charge in [0.05, 0.1) is 33.6 Å². The zero-order chi connectivity index (χ0) is 23.3. The fourth-order valence-corrected chi connectivity index (χ4v) is 3.53. The average molecular weight is 450 g/mol. The van der Waals surface area contributed by atoms with Crippen LogP contribution in [0.25, 0.3) is 10.8 Å². The lowest BCUT2D eigenvalue weighted by Crippen LogP contribution is -2.21. The van der Waals surface area contributed by atoms with E-state index in [1.807, 2.05) is 18.2 Å². The number of methoxy groups -OCH3 is 3. The van der Waals surface area contributed by atoms with E-state index < -0.39 is 12.7 Å². The molecule has 2 aromatic carbocycles. The van der Waals surface area contributed by atoms with Crippen molar-refractivity contribution < 1.29 is 32.1 Å². The van der Waals surface area contributed by atoms with Crippen LogP contribution in [-0.4, -0.2) is 45.6 Å². The third-order valence-corrected chi connectivity index (χ3v) is 4.87. The normalized spacial score (nSPS) is 11.3. The summed E-state index contributed by atoms with van der Waals surface area (Å²) in [6.45, 7) is 0.922. The summed E-state index contributed by atoms with van der Waals surface area (Å²) in [6.07, 6.45) is -0.685. The molecule has 0 bridgehead atoms. The third-order valence-electron chi connectivity index (χ3n) is 4.87. The summed E-state index contributed by atoms with van der Waals surface area (Å²) in [4.78, 5) is 4.27. The maximum atomic E-state index is 12.9. The number of halogens is 3. The Morgan fingerprint density at radius 2 is 1.59 bits per heavy atom. The lowest BCUT2D eigenvalue weighted by atomic mass is 9.99. The van der Waals surface area contributed by atoms with Crippen LogP contribution in [0.3, 0.4) is 0 Å². The van der Waals surface area contributed by atoms with Crippen molar-refractivity contribution in [3.05, 3.63) is 47.8 Å². The van der Waals surface area contributed by atoms with Gasteiger partial charge in [0.25, 0.3) is 0 Å². The van der Waals surface area contributed by atoms with Gasteiger partial charge in [0.2, 0.25) is 5.75 Å². The Balaban J connectivity index is 2.07. The summed E-state index contributed by atoms with van der Waals surface area (Å²) < 4.78 is 60.4. The van der Waals surface area contributed by atoms with Crippen LogP contribution in [0.4, 0.5) is 18.9 Å². The Bertz CT molecular complexity index is 1060. The third kappa shape index (κ3) is 5.09. The zero-order valence-corrected chi connectivity index (χ0v) is 18.3. The van der Waals surface area contributed by atoms with Crippen molar-refractivity contribution in [3.63, 3.8) is 0 Å². The standard InChI is InChI=1S/C23H25F3N2O4/c1-5-32-18-7-6-16-15(11-27-12-17(16)21(18)28-13-23(24,25)26)8-14-9-19(29-2)22(31-4)20(10-14)30-3/h6-7,9-12,28H,5,8,13H2,1-4H3. The highest BCUT2D eigenvalue weighted by Crippen LogP contribution is 2.40. The molecule has 1 N–H and O–H groups in total. The van der Waals surface area contributed by atoms with E-state index in [4.69, 9.17) is 18.9 Å². The minimum absolute atomic E-state index is 0.265. The number of aromatic nitrogens is 1. The second-order valence-electron chi connectivity index (χ2n) is 6.94. The summed E-state index contributed by atoms with van der Waals surface area (Å²) in [7, 11) is 4.60. The van der Waals surface area contributed by atoms with Crippen molar-refractivity contribution in [2.45, 2.75) is 19.5 Å². The fraction of sp³-hybridized carbons (Fsp3) is 0.348. The molecule has 6 nitrogen and oxygen atoms in total. The van der Waals surface area contributed by atoms with Crippen LogP contribution in [0.5, 0.6) is 23.0 Å². The van der Waals surface area contributed by atoms with Crippen molar-refractivity contribution in [2.24, 2.45) is 0 Å². The minimum atomic E-state index is -4.37. The molecule has 0 unspecified atom stereocenters. The first kappa shape index (κ1) is 23.3. The van der Waals surface area contributed by atoms with Crippen LogP contribution in [0, 0.1) is 0 Å².